The molecule has 1 aliphatic rings. The molecular formula is C22H21FN2O2S. The molecule has 144 valence electrons. The highest BCUT2D eigenvalue weighted by molar-refractivity contribution is 7.13. The molecule has 0 aliphatic carbocycles. The molecule has 2 aromatic carbocycles. The highest BCUT2D eigenvalue weighted by Crippen LogP contribution is 2.31. The molecule has 1 fully saturated rings. The van der Waals surface area contributed by atoms with Gasteiger partial charge in [-0.05, 0) is 48.6 Å². The second-order valence-electron chi connectivity index (χ2n) is 7.03. The standard InChI is InChI=1S/C22H21FN2O2S/c23-18-8-6-17(7-9-18)21-24-19(14-28-21)22(27)25-12-10-16(11-13-25)20(26)15-4-2-1-3-5-15/h1-9,14,16,20,26H,10-13H2. The molecule has 1 aromatic heterocycles. The monoisotopic (exact) mass is 396 g/mol. The summed E-state index contributed by atoms with van der Waals surface area (Å²) in [6, 6.07) is 15.8. The lowest BCUT2D eigenvalue weighted by atomic mass is 9.87. The Kier molecular flexibility index (Phi) is 5.50. The van der Waals surface area contributed by atoms with E-state index >= 15 is 0 Å². The van der Waals surface area contributed by atoms with Crippen molar-refractivity contribution in [3.63, 3.8) is 0 Å². The largest absolute Gasteiger partial charge is 0.388 e. The first kappa shape index (κ1) is 18.8. The number of thiazole rings is 1. The highest BCUT2D eigenvalue weighted by Gasteiger charge is 2.29. The predicted molar refractivity (Wildman–Crippen MR) is 108 cm³/mol. The maximum absolute atomic E-state index is 13.1. The average Bonchev–Trinajstić information content (AvgIpc) is 3.24. The van der Waals surface area contributed by atoms with Gasteiger partial charge >= 0.3 is 0 Å². The molecule has 1 unspecified atom stereocenters. The molecule has 1 saturated heterocycles. The number of rotatable bonds is 4. The van der Waals surface area contributed by atoms with Crippen LogP contribution in [0.15, 0.2) is 60.0 Å². The molecule has 0 spiro atoms. The molecular weight excluding hydrogens is 375 g/mol. The molecule has 4 rings (SSSR count). The fourth-order valence-electron chi connectivity index (χ4n) is 3.60. The van der Waals surface area contributed by atoms with Crippen LogP contribution in [0.3, 0.4) is 0 Å². The van der Waals surface area contributed by atoms with Crippen molar-refractivity contribution in [2.45, 2.75) is 18.9 Å². The van der Waals surface area contributed by atoms with E-state index in [9.17, 15) is 14.3 Å². The topological polar surface area (TPSA) is 53.4 Å². The van der Waals surface area contributed by atoms with Gasteiger partial charge in [0.15, 0.2) is 0 Å². The number of carbonyl (C=O) groups is 1. The quantitative estimate of drug-likeness (QED) is 0.705. The van der Waals surface area contributed by atoms with Crippen LogP contribution in [-0.4, -0.2) is 34.0 Å². The van der Waals surface area contributed by atoms with E-state index in [-0.39, 0.29) is 17.6 Å². The van der Waals surface area contributed by atoms with Gasteiger partial charge in [-0.15, -0.1) is 11.3 Å². The molecule has 4 nitrogen and oxygen atoms in total. The van der Waals surface area contributed by atoms with Crippen LogP contribution < -0.4 is 0 Å². The van der Waals surface area contributed by atoms with E-state index in [1.807, 2.05) is 30.3 Å². The molecule has 1 aliphatic heterocycles. The summed E-state index contributed by atoms with van der Waals surface area (Å²) in [5, 5.41) is 13.1. The normalized spacial score (nSPS) is 16.1. The van der Waals surface area contributed by atoms with Gasteiger partial charge in [-0.2, -0.15) is 0 Å². The van der Waals surface area contributed by atoms with Crippen LogP contribution in [0, 0.1) is 11.7 Å². The minimum absolute atomic E-state index is 0.0859. The van der Waals surface area contributed by atoms with Gasteiger partial charge in [-0.25, -0.2) is 9.37 Å². The zero-order chi connectivity index (χ0) is 19.5. The summed E-state index contributed by atoms with van der Waals surface area (Å²) in [6.45, 7) is 1.22. The number of aliphatic hydroxyl groups is 1. The predicted octanol–water partition coefficient (Wildman–Crippen LogP) is 4.54. The fraction of sp³-hybridized carbons (Fsp3) is 0.273. The molecule has 1 atom stereocenters. The van der Waals surface area contributed by atoms with Crippen molar-refractivity contribution in [2.75, 3.05) is 13.1 Å². The number of piperidine rings is 1. The molecule has 0 radical (unpaired) electrons. The van der Waals surface area contributed by atoms with Gasteiger partial charge in [0.2, 0.25) is 0 Å². The molecule has 3 aromatic rings. The van der Waals surface area contributed by atoms with Crippen LogP contribution >= 0.6 is 11.3 Å². The lowest BCUT2D eigenvalue weighted by Gasteiger charge is -2.34. The number of hydrogen-bond acceptors (Lipinski definition) is 4. The number of aliphatic hydroxyl groups excluding tert-OH is 1. The molecule has 1 N–H and O–H groups in total. The van der Waals surface area contributed by atoms with E-state index in [2.05, 4.69) is 4.98 Å². The summed E-state index contributed by atoms with van der Waals surface area (Å²) < 4.78 is 13.1. The molecule has 28 heavy (non-hydrogen) atoms. The van der Waals surface area contributed by atoms with Crippen molar-refractivity contribution in [1.29, 1.82) is 0 Å². The van der Waals surface area contributed by atoms with E-state index in [0.29, 0.717) is 23.8 Å². The van der Waals surface area contributed by atoms with Crippen LogP contribution in [0.1, 0.15) is 35.0 Å². The van der Waals surface area contributed by atoms with Gasteiger partial charge in [0.25, 0.3) is 5.91 Å². The zero-order valence-corrected chi connectivity index (χ0v) is 16.1. The Hall–Kier alpha value is -2.57. The Morgan fingerprint density at radius 2 is 1.79 bits per heavy atom. The van der Waals surface area contributed by atoms with Gasteiger partial charge in [0.05, 0.1) is 6.10 Å². The summed E-state index contributed by atoms with van der Waals surface area (Å²) in [5.74, 6) is -0.230. The lowest BCUT2D eigenvalue weighted by Crippen LogP contribution is -2.39. The van der Waals surface area contributed by atoms with Crippen molar-refractivity contribution in [2.24, 2.45) is 5.92 Å². The van der Waals surface area contributed by atoms with Crippen molar-refractivity contribution < 1.29 is 14.3 Å². The van der Waals surface area contributed by atoms with Crippen molar-refractivity contribution in [3.8, 4) is 10.6 Å². The van der Waals surface area contributed by atoms with Gasteiger partial charge < -0.3 is 10.0 Å². The Morgan fingerprint density at radius 3 is 2.46 bits per heavy atom. The maximum atomic E-state index is 13.1. The minimum Gasteiger partial charge on any atom is -0.388 e. The van der Waals surface area contributed by atoms with Gasteiger partial charge in [-0.3, -0.25) is 4.79 Å². The van der Waals surface area contributed by atoms with E-state index in [1.54, 1.807) is 22.4 Å². The number of benzene rings is 2. The van der Waals surface area contributed by atoms with E-state index in [4.69, 9.17) is 0 Å². The molecule has 0 saturated carbocycles. The molecule has 6 heteroatoms. The van der Waals surface area contributed by atoms with Gasteiger partial charge in [-0.1, -0.05) is 30.3 Å². The number of halogens is 1. The summed E-state index contributed by atoms with van der Waals surface area (Å²) in [5.41, 5.74) is 2.15. The second-order valence-corrected chi connectivity index (χ2v) is 7.89. The Bertz CT molecular complexity index is 935. The third kappa shape index (κ3) is 3.98. The Morgan fingerprint density at radius 1 is 1.11 bits per heavy atom. The summed E-state index contributed by atoms with van der Waals surface area (Å²) in [4.78, 5) is 19.0. The van der Waals surface area contributed by atoms with Gasteiger partial charge in [0, 0.05) is 24.0 Å². The maximum Gasteiger partial charge on any atom is 0.273 e. The molecule has 1 amide bonds. The first-order valence-corrected chi connectivity index (χ1v) is 10.2. The first-order valence-electron chi connectivity index (χ1n) is 9.35. The Labute approximate surface area is 167 Å². The van der Waals surface area contributed by atoms with E-state index in [0.717, 1.165) is 24.0 Å². The van der Waals surface area contributed by atoms with Crippen LogP contribution in [0.5, 0.6) is 0 Å². The van der Waals surface area contributed by atoms with Gasteiger partial charge in [0.1, 0.15) is 16.5 Å². The number of hydrogen-bond donors (Lipinski definition) is 1. The number of likely N-dealkylation sites (tertiary alicyclic amines) is 1. The average molecular weight is 396 g/mol. The highest BCUT2D eigenvalue weighted by atomic mass is 32.1. The van der Waals surface area contributed by atoms with Crippen LogP contribution in [0.2, 0.25) is 0 Å². The number of carbonyl (C=O) groups excluding carboxylic acids is 1. The first-order chi connectivity index (χ1) is 13.6. The lowest BCUT2D eigenvalue weighted by molar-refractivity contribution is 0.0459. The summed E-state index contributed by atoms with van der Waals surface area (Å²) in [6.07, 6.45) is 1.02. The van der Waals surface area contributed by atoms with Crippen LogP contribution in [0.4, 0.5) is 4.39 Å². The summed E-state index contributed by atoms with van der Waals surface area (Å²) >= 11 is 1.38. The number of nitrogens with zero attached hydrogens (tertiary/aromatic N) is 2. The second kappa shape index (κ2) is 8.20. The minimum atomic E-state index is -0.497. The smallest absolute Gasteiger partial charge is 0.273 e. The van der Waals surface area contributed by atoms with Crippen molar-refractivity contribution in [3.05, 3.63) is 77.1 Å². The third-order valence-electron chi connectivity index (χ3n) is 5.23. The van der Waals surface area contributed by atoms with E-state index < -0.39 is 6.10 Å². The zero-order valence-electron chi connectivity index (χ0n) is 15.3. The number of aromatic nitrogens is 1. The third-order valence-corrected chi connectivity index (χ3v) is 6.12. The number of amides is 1. The molecule has 0 bridgehead atoms. The summed E-state index contributed by atoms with van der Waals surface area (Å²) in [7, 11) is 0. The fourth-order valence-corrected chi connectivity index (χ4v) is 4.40. The SMILES string of the molecule is O=C(c1csc(-c2ccc(F)cc2)n1)N1CCC(C(O)c2ccccc2)CC1. The van der Waals surface area contributed by atoms with Crippen LogP contribution in [-0.2, 0) is 0 Å². The van der Waals surface area contributed by atoms with E-state index in [1.165, 1.54) is 23.5 Å². The van der Waals surface area contributed by atoms with Crippen molar-refractivity contribution in [1.82, 2.24) is 9.88 Å². The molecule has 2 heterocycles. The Balaban J connectivity index is 1.38. The van der Waals surface area contributed by atoms with Crippen LogP contribution in [0.25, 0.3) is 10.6 Å². The van der Waals surface area contributed by atoms with Crippen molar-refractivity contribution >= 4 is 17.2 Å².